The lowest BCUT2D eigenvalue weighted by atomic mass is 10.1. The molecule has 0 amide bonds. The van der Waals surface area contributed by atoms with Gasteiger partial charge in [-0.05, 0) is 43.3 Å². The van der Waals surface area contributed by atoms with Gasteiger partial charge in [-0.1, -0.05) is 47.5 Å². The van der Waals surface area contributed by atoms with Gasteiger partial charge in [0.15, 0.2) is 5.82 Å². The van der Waals surface area contributed by atoms with E-state index in [0.29, 0.717) is 33.6 Å². The fourth-order valence-electron chi connectivity index (χ4n) is 3.36. The predicted molar refractivity (Wildman–Crippen MR) is 130 cm³/mol. The van der Waals surface area contributed by atoms with Crippen LogP contribution in [0.25, 0.3) is 22.3 Å². The SMILES string of the molecule is Cc1ccc(-c2nc(NCCNS(=O)(=O)c3cccc(C(F)(F)F)c3)c3ccc(Cl)cc3n2)cc1. The van der Waals surface area contributed by atoms with Crippen molar-refractivity contribution in [2.24, 2.45) is 0 Å². The van der Waals surface area contributed by atoms with Crippen LogP contribution in [0.3, 0.4) is 0 Å². The molecule has 0 radical (unpaired) electrons. The zero-order valence-corrected chi connectivity index (χ0v) is 20.0. The van der Waals surface area contributed by atoms with Crippen molar-refractivity contribution < 1.29 is 21.6 Å². The molecule has 0 saturated heterocycles. The maximum Gasteiger partial charge on any atom is 0.416 e. The van der Waals surface area contributed by atoms with Gasteiger partial charge in [0.05, 0.1) is 16.0 Å². The fourth-order valence-corrected chi connectivity index (χ4v) is 4.60. The van der Waals surface area contributed by atoms with Gasteiger partial charge in [-0.3, -0.25) is 0 Å². The minimum Gasteiger partial charge on any atom is -0.368 e. The number of alkyl halides is 3. The molecule has 11 heteroatoms. The van der Waals surface area contributed by atoms with E-state index in [1.807, 2.05) is 31.2 Å². The molecule has 0 aliphatic carbocycles. The Kier molecular flexibility index (Phi) is 6.98. The third-order valence-electron chi connectivity index (χ3n) is 5.15. The third-order valence-corrected chi connectivity index (χ3v) is 6.84. The highest BCUT2D eigenvalue weighted by Crippen LogP contribution is 2.30. The van der Waals surface area contributed by atoms with Gasteiger partial charge in [-0.2, -0.15) is 13.2 Å². The van der Waals surface area contributed by atoms with Crippen molar-refractivity contribution in [3.8, 4) is 11.4 Å². The summed E-state index contributed by atoms with van der Waals surface area (Å²) in [5.74, 6) is 0.937. The smallest absolute Gasteiger partial charge is 0.368 e. The summed E-state index contributed by atoms with van der Waals surface area (Å²) >= 11 is 6.14. The van der Waals surface area contributed by atoms with E-state index in [2.05, 4.69) is 20.0 Å². The third kappa shape index (κ3) is 5.90. The molecule has 35 heavy (non-hydrogen) atoms. The summed E-state index contributed by atoms with van der Waals surface area (Å²) in [5, 5.41) is 4.28. The van der Waals surface area contributed by atoms with E-state index in [-0.39, 0.29) is 13.1 Å². The van der Waals surface area contributed by atoms with Gasteiger partial charge < -0.3 is 5.32 Å². The molecule has 3 aromatic carbocycles. The van der Waals surface area contributed by atoms with Crippen molar-refractivity contribution in [1.82, 2.24) is 14.7 Å². The van der Waals surface area contributed by atoms with Crippen LogP contribution in [0, 0.1) is 6.92 Å². The largest absolute Gasteiger partial charge is 0.416 e. The van der Waals surface area contributed by atoms with Crippen LogP contribution in [0.4, 0.5) is 19.0 Å². The van der Waals surface area contributed by atoms with Crippen molar-refractivity contribution in [3.05, 3.63) is 82.9 Å². The fraction of sp³-hybridized carbons (Fsp3) is 0.167. The standard InChI is InChI=1S/C24H20ClF3N4O2S/c1-15-5-7-16(8-6-15)22-31-21-14-18(25)9-10-20(21)23(32-22)29-11-12-30-35(33,34)19-4-2-3-17(13-19)24(26,27)28/h2-10,13-14,30H,11-12H2,1H3,(H,29,31,32). The molecule has 1 aromatic heterocycles. The first-order valence-electron chi connectivity index (χ1n) is 10.5. The minimum atomic E-state index is -4.64. The van der Waals surface area contributed by atoms with Crippen LogP contribution in [0.2, 0.25) is 5.02 Å². The minimum absolute atomic E-state index is 0.0858. The summed E-state index contributed by atoms with van der Waals surface area (Å²) in [6.45, 7) is 2.01. The van der Waals surface area contributed by atoms with E-state index in [4.69, 9.17) is 11.6 Å². The van der Waals surface area contributed by atoms with Crippen LogP contribution >= 0.6 is 11.6 Å². The molecule has 1 heterocycles. The number of fused-ring (bicyclic) bond motifs is 1. The molecule has 0 saturated carbocycles. The van der Waals surface area contributed by atoms with Gasteiger partial charge in [0.25, 0.3) is 0 Å². The van der Waals surface area contributed by atoms with Crippen molar-refractivity contribution in [1.29, 1.82) is 0 Å². The van der Waals surface area contributed by atoms with E-state index in [1.54, 1.807) is 18.2 Å². The van der Waals surface area contributed by atoms with E-state index < -0.39 is 26.7 Å². The highest BCUT2D eigenvalue weighted by Gasteiger charge is 2.31. The van der Waals surface area contributed by atoms with Gasteiger partial charge in [-0.25, -0.2) is 23.1 Å². The van der Waals surface area contributed by atoms with Crippen LogP contribution in [-0.2, 0) is 16.2 Å². The molecule has 4 rings (SSSR count). The Bertz CT molecular complexity index is 1480. The Balaban J connectivity index is 1.52. The van der Waals surface area contributed by atoms with Crippen LogP contribution in [0.1, 0.15) is 11.1 Å². The topological polar surface area (TPSA) is 84.0 Å². The van der Waals surface area contributed by atoms with Gasteiger partial charge in [-0.15, -0.1) is 0 Å². The molecular formula is C24H20ClF3N4O2S. The maximum absolute atomic E-state index is 12.9. The lowest BCUT2D eigenvalue weighted by molar-refractivity contribution is -0.137. The van der Waals surface area contributed by atoms with Crippen molar-refractivity contribution in [2.45, 2.75) is 18.0 Å². The lowest BCUT2D eigenvalue weighted by Crippen LogP contribution is -2.29. The normalized spacial score (nSPS) is 12.1. The second-order valence-electron chi connectivity index (χ2n) is 7.77. The van der Waals surface area contributed by atoms with Crippen LogP contribution in [0.15, 0.2) is 71.6 Å². The van der Waals surface area contributed by atoms with Gasteiger partial charge >= 0.3 is 6.18 Å². The van der Waals surface area contributed by atoms with Gasteiger partial charge in [0, 0.05) is 29.1 Å². The Hall–Kier alpha value is -3.21. The average Bonchev–Trinajstić information content (AvgIpc) is 2.81. The number of benzene rings is 3. The predicted octanol–water partition coefficient (Wildman–Crippen LogP) is 5.67. The molecular weight excluding hydrogens is 501 g/mol. The highest BCUT2D eigenvalue weighted by atomic mass is 35.5. The summed E-state index contributed by atoms with van der Waals surface area (Å²) in [6.07, 6.45) is -4.64. The number of anilines is 1. The van der Waals surface area contributed by atoms with Crippen LogP contribution < -0.4 is 10.0 Å². The molecule has 0 spiro atoms. The average molecular weight is 521 g/mol. The van der Waals surface area contributed by atoms with Gasteiger partial charge in [0.1, 0.15) is 5.82 Å². The molecule has 2 N–H and O–H groups in total. The number of sulfonamides is 1. The Morgan fingerprint density at radius 2 is 1.69 bits per heavy atom. The first kappa shape index (κ1) is 24.9. The maximum atomic E-state index is 12.9. The highest BCUT2D eigenvalue weighted by molar-refractivity contribution is 7.89. The molecule has 6 nitrogen and oxygen atoms in total. The number of hydrogen-bond acceptors (Lipinski definition) is 5. The molecule has 0 aliphatic heterocycles. The summed E-state index contributed by atoms with van der Waals surface area (Å²) in [6, 6.07) is 16.4. The molecule has 0 bridgehead atoms. The molecule has 0 atom stereocenters. The molecule has 4 aromatic rings. The second kappa shape index (κ2) is 9.80. The summed E-state index contributed by atoms with van der Waals surface area (Å²) in [5.41, 5.74) is 1.46. The number of nitrogens with one attached hydrogen (secondary N) is 2. The monoisotopic (exact) mass is 520 g/mol. The first-order valence-corrected chi connectivity index (χ1v) is 12.3. The van der Waals surface area contributed by atoms with Crippen LogP contribution in [-0.4, -0.2) is 31.5 Å². The van der Waals surface area contributed by atoms with Crippen LogP contribution in [0.5, 0.6) is 0 Å². The zero-order valence-electron chi connectivity index (χ0n) is 18.4. The van der Waals surface area contributed by atoms with Crippen molar-refractivity contribution >= 4 is 38.3 Å². The summed E-state index contributed by atoms with van der Waals surface area (Å²) in [4.78, 5) is 8.72. The first-order chi connectivity index (χ1) is 16.5. The number of rotatable bonds is 7. The Labute approximate surface area is 205 Å². The van der Waals surface area contributed by atoms with E-state index in [9.17, 15) is 21.6 Å². The summed E-state index contributed by atoms with van der Waals surface area (Å²) < 4.78 is 66.1. The molecule has 0 aliphatic rings. The van der Waals surface area contributed by atoms with E-state index in [0.717, 1.165) is 29.3 Å². The Morgan fingerprint density at radius 1 is 0.943 bits per heavy atom. The number of halogens is 4. The number of aryl methyl sites for hydroxylation is 1. The van der Waals surface area contributed by atoms with E-state index in [1.165, 1.54) is 0 Å². The molecule has 182 valence electrons. The van der Waals surface area contributed by atoms with E-state index >= 15 is 0 Å². The van der Waals surface area contributed by atoms with Gasteiger partial charge in [0.2, 0.25) is 10.0 Å². The number of aromatic nitrogens is 2. The number of hydrogen-bond donors (Lipinski definition) is 2. The zero-order chi connectivity index (χ0) is 25.2. The summed E-state index contributed by atoms with van der Waals surface area (Å²) in [7, 11) is -4.14. The van der Waals surface area contributed by atoms with Crippen molar-refractivity contribution in [2.75, 3.05) is 18.4 Å². The Morgan fingerprint density at radius 3 is 2.40 bits per heavy atom. The lowest BCUT2D eigenvalue weighted by Gasteiger charge is -2.13. The quantitative estimate of drug-likeness (QED) is 0.307. The second-order valence-corrected chi connectivity index (χ2v) is 9.98. The molecule has 0 fully saturated rings. The number of nitrogens with zero attached hydrogens (tertiary/aromatic N) is 2. The van der Waals surface area contributed by atoms with Crippen molar-refractivity contribution in [3.63, 3.8) is 0 Å². The molecule has 0 unspecified atom stereocenters.